The van der Waals surface area contributed by atoms with Gasteiger partial charge >= 0.3 is 5.97 Å². The average molecular weight is 375 g/mol. The van der Waals surface area contributed by atoms with Gasteiger partial charge in [0.1, 0.15) is 12.4 Å². The van der Waals surface area contributed by atoms with Crippen LogP contribution in [0.15, 0.2) is 59.0 Å². The summed E-state index contributed by atoms with van der Waals surface area (Å²) in [7, 11) is 0. The molecule has 0 N–H and O–H groups in total. The van der Waals surface area contributed by atoms with Crippen LogP contribution >= 0.6 is 23.2 Å². The molecule has 4 nitrogen and oxygen atoms in total. The number of ether oxygens (including phenoxy) is 1. The lowest BCUT2D eigenvalue weighted by molar-refractivity contribution is 0.0473. The summed E-state index contributed by atoms with van der Waals surface area (Å²) in [6.45, 7) is 0.0368. The van der Waals surface area contributed by atoms with Gasteiger partial charge < -0.3 is 9.15 Å². The number of hydrogen-bond donors (Lipinski definition) is 0. The number of rotatable bonds is 5. The predicted octanol–water partition coefficient (Wildman–Crippen LogP) is 5.42. The monoisotopic (exact) mass is 374 g/mol. The molecule has 3 rings (SSSR count). The molecule has 0 fully saturated rings. The van der Waals surface area contributed by atoms with E-state index in [9.17, 15) is 9.59 Å². The summed E-state index contributed by atoms with van der Waals surface area (Å²) in [6, 6.07) is 15.1. The molecule has 0 spiro atoms. The minimum Gasteiger partial charge on any atom is -0.457 e. The molecule has 0 atom stereocenters. The van der Waals surface area contributed by atoms with Gasteiger partial charge in [0.25, 0.3) is 0 Å². The molecule has 0 saturated carbocycles. The highest BCUT2D eigenvalue weighted by Crippen LogP contribution is 2.27. The fourth-order valence-corrected chi connectivity index (χ4v) is 2.63. The van der Waals surface area contributed by atoms with Gasteiger partial charge in [0.05, 0.1) is 10.6 Å². The van der Waals surface area contributed by atoms with Gasteiger partial charge in [0.15, 0.2) is 12.0 Å². The first-order valence-electron chi connectivity index (χ1n) is 7.34. The van der Waals surface area contributed by atoms with E-state index in [-0.39, 0.29) is 23.0 Å². The van der Waals surface area contributed by atoms with Crippen LogP contribution in [0.1, 0.15) is 26.5 Å². The molecule has 126 valence electrons. The third-order valence-corrected chi connectivity index (χ3v) is 4.23. The van der Waals surface area contributed by atoms with Crippen LogP contribution in [0.5, 0.6) is 0 Å². The van der Waals surface area contributed by atoms with Gasteiger partial charge in [-0.25, -0.2) is 4.79 Å². The van der Waals surface area contributed by atoms with Crippen LogP contribution in [0.25, 0.3) is 11.3 Å². The maximum Gasteiger partial charge on any atom is 0.340 e. The van der Waals surface area contributed by atoms with E-state index < -0.39 is 5.97 Å². The molecule has 2 aromatic carbocycles. The molecule has 0 bridgehead atoms. The predicted molar refractivity (Wildman–Crippen MR) is 95.1 cm³/mol. The van der Waals surface area contributed by atoms with Gasteiger partial charge in [0, 0.05) is 16.1 Å². The van der Waals surface area contributed by atoms with Crippen molar-refractivity contribution in [3.63, 3.8) is 0 Å². The maximum absolute atomic E-state index is 12.4. The molecular formula is C19H12Cl2O4. The Bertz CT molecular complexity index is 931. The van der Waals surface area contributed by atoms with Crippen molar-refractivity contribution in [1.82, 2.24) is 0 Å². The van der Waals surface area contributed by atoms with Crippen LogP contribution in [-0.2, 0) is 11.3 Å². The Kier molecular flexibility index (Phi) is 5.22. The zero-order valence-corrected chi connectivity index (χ0v) is 14.4. The molecule has 0 radical (unpaired) electrons. The van der Waals surface area contributed by atoms with E-state index in [1.165, 1.54) is 0 Å². The summed E-state index contributed by atoms with van der Waals surface area (Å²) in [5.41, 5.74) is 1.52. The van der Waals surface area contributed by atoms with Crippen LogP contribution in [0.2, 0.25) is 10.0 Å². The molecule has 0 aliphatic carbocycles. The van der Waals surface area contributed by atoms with Crippen LogP contribution in [0.4, 0.5) is 0 Å². The zero-order valence-electron chi connectivity index (χ0n) is 12.9. The Labute approximate surface area is 153 Å². The van der Waals surface area contributed by atoms with Crippen molar-refractivity contribution in [3.8, 4) is 11.3 Å². The molecule has 0 unspecified atom stereocenters. The van der Waals surface area contributed by atoms with E-state index >= 15 is 0 Å². The molecular weight excluding hydrogens is 363 g/mol. The summed E-state index contributed by atoms with van der Waals surface area (Å²) >= 11 is 12.2. The summed E-state index contributed by atoms with van der Waals surface area (Å²) in [5.74, 6) is 0.0839. The summed E-state index contributed by atoms with van der Waals surface area (Å²) < 4.78 is 10.7. The molecule has 3 aromatic rings. The van der Waals surface area contributed by atoms with Gasteiger partial charge in [0.2, 0.25) is 0 Å². The first-order valence-corrected chi connectivity index (χ1v) is 8.09. The first kappa shape index (κ1) is 17.3. The second kappa shape index (κ2) is 7.55. The van der Waals surface area contributed by atoms with Crippen LogP contribution in [0.3, 0.4) is 0 Å². The molecule has 1 heterocycles. The largest absolute Gasteiger partial charge is 0.457 e. The highest BCUT2D eigenvalue weighted by molar-refractivity contribution is 6.33. The minimum absolute atomic E-state index is 0.0368. The summed E-state index contributed by atoms with van der Waals surface area (Å²) in [5, 5.41) is 0.780. The number of aldehydes is 1. The molecule has 25 heavy (non-hydrogen) atoms. The Morgan fingerprint density at radius 1 is 1.04 bits per heavy atom. The molecule has 1 aromatic heterocycles. The number of furan rings is 1. The summed E-state index contributed by atoms with van der Waals surface area (Å²) in [6.07, 6.45) is 0.609. The first-order chi connectivity index (χ1) is 12.1. The van der Waals surface area contributed by atoms with Crippen LogP contribution in [-0.4, -0.2) is 12.3 Å². The minimum atomic E-state index is -0.575. The van der Waals surface area contributed by atoms with E-state index in [0.29, 0.717) is 28.2 Å². The zero-order chi connectivity index (χ0) is 17.8. The average Bonchev–Trinajstić information content (AvgIpc) is 3.10. The Balaban J connectivity index is 1.81. The lowest BCUT2D eigenvalue weighted by Gasteiger charge is -2.08. The highest BCUT2D eigenvalue weighted by Gasteiger charge is 2.15. The Morgan fingerprint density at radius 3 is 2.56 bits per heavy atom. The van der Waals surface area contributed by atoms with Crippen molar-refractivity contribution in [3.05, 3.63) is 81.5 Å². The van der Waals surface area contributed by atoms with Gasteiger partial charge in [-0.3, -0.25) is 4.79 Å². The molecule has 0 aliphatic rings. The molecule has 0 amide bonds. The van der Waals surface area contributed by atoms with Crippen molar-refractivity contribution >= 4 is 35.5 Å². The second-order valence-electron chi connectivity index (χ2n) is 5.18. The number of esters is 1. The van der Waals surface area contributed by atoms with Crippen molar-refractivity contribution < 1.29 is 18.7 Å². The van der Waals surface area contributed by atoms with Crippen molar-refractivity contribution in [2.24, 2.45) is 0 Å². The van der Waals surface area contributed by atoms with Gasteiger partial charge in [-0.1, -0.05) is 41.4 Å². The third kappa shape index (κ3) is 3.92. The Morgan fingerprint density at radius 2 is 1.84 bits per heavy atom. The summed E-state index contributed by atoms with van der Waals surface area (Å²) in [4.78, 5) is 23.1. The molecule has 6 heteroatoms. The molecule has 0 saturated heterocycles. The SMILES string of the molecule is O=Cc1ccc(-c2ccc(Cl)c(C(=O)OCc3ccccc3Cl)c2)o1. The fourth-order valence-electron chi connectivity index (χ4n) is 2.24. The number of hydrogen-bond acceptors (Lipinski definition) is 4. The van der Waals surface area contributed by atoms with E-state index in [0.717, 1.165) is 0 Å². The molecule has 0 aliphatic heterocycles. The van der Waals surface area contributed by atoms with E-state index in [1.54, 1.807) is 48.5 Å². The van der Waals surface area contributed by atoms with E-state index in [2.05, 4.69) is 0 Å². The van der Waals surface area contributed by atoms with Crippen LogP contribution < -0.4 is 0 Å². The van der Waals surface area contributed by atoms with Gasteiger partial charge in [-0.2, -0.15) is 0 Å². The van der Waals surface area contributed by atoms with E-state index in [4.69, 9.17) is 32.4 Å². The van der Waals surface area contributed by atoms with Crippen LogP contribution in [0, 0.1) is 0 Å². The number of benzene rings is 2. The standard InChI is InChI=1S/C19H12Cl2O4/c20-16-4-2-1-3-13(16)11-24-19(23)15-9-12(5-7-17(15)21)18-8-6-14(10-22)25-18/h1-10H,11H2. The third-order valence-electron chi connectivity index (χ3n) is 3.53. The normalized spacial score (nSPS) is 10.5. The second-order valence-corrected chi connectivity index (χ2v) is 6.00. The van der Waals surface area contributed by atoms with Crippen molar-refractivity contribution in [1.29, 1.82) is 0 Å². The van der Waals surface area contributed by atoms with Gasteiger partial charge in [-0.05, 0) is 36.4 Å². The lowest BCUT2D eigenvalue weighted by Crippen LogP contribution is -2.06. The van der Waals surface area contributed by atoms with E-state index in [1.807, 2.05) is 6.07 Å². The smallest absolute Gasteiger partial charge is 0.340 e. The van der Waals surface area contributed by atoms with Crippen molar-refractivity contribution in [2.75, 3.05) is 0 Å². The highest BCUT2D eigenvalue weighted by atomic mass is 35.5. The topological polar surface area (TPSA) is 56.5 Å². The number of carbonyl (C=O) groups is 2. The quantitative estimate of drug-likeness (QED) is 0.441. The number of carbonyl (C=O) groups excluding carboxylic acids is 2. The Hall–Kier alpha value is -2.56. The number of halogens is 2. The lowest BCUT2D eigenvalue weighted by atomic mass is 10.1. The van der Waals surface area contributed by atoms with Crippen molar-refractivity contribution in [2.45, 2.75) is 6.61 Å². The fraction of sp³-hybridized carbons (Fsp3) is 0.0526. The van der Waals surface area contributed by atoms with Gasteiger partial charge in [-0.15, -0.1) is 0 Å². The maximum atomic E-state index is 12.4.